The third-order valence-electron chi connectivity index (χ3n) is 5.51. The maximum absolute atomic E-state index is 14.6. The molecule has 8 nitrogen and oxygen atoms in total. The van der Waals surface area contributed by atoms with Crippen molar-refractivity contribution in [3.8, 4) is 17.2 Å². The van der Waals surface area contributed by atoms with Crippen LogP contribution in [0.3, 0.4) is 0 Å². The van der Waals surface area contributed by atoms with E-state index in [2.05, 4.69) is 25.5 Å². The van der Waals surface area contributed by atoms with Gasteiger partial charge in [0.1, 0.15) is 23.2 Å². The number of fused-ring (bicyclic) bond motifs is 1. The number of alkyl halides is 3. The lowest BCUT2D eigenvalue weighted by molar-refractivity contribution is -0.140. The number of nitrogens with zero attached hydrogens (tertiary/aromatic N) is 6. The van der Waals surface area contributed by atoms with Crippen LogP contribution in [0.25, 0.3) is 17.2 Å². The summed E-state index contributed by atoms with van der Waals surface area (Å²) in [6.45, 7) is 2.30. The number of nitrogens with one attached hydrogen (secondary N) is 1. The Morgan fingerprint density at radius 3 is 2.76 bits per heavy atom. The lowest BCUT2D eigenvalue weighted by Crippen LogP contribution is -2.16. The smallest absolute Gasteiger partial charge is 0.310 e. The van der Waals surface area contributed by atoms with Gasteiger partial charge in [0, 0.05) is 19.2 Å². The number of hydrogen-bond donors (Lipinski definition) is 1. The van der Waals surface area contributed by atoms with Crippen LogP contribution in [0.15, 0.2) is 42.9 Å². The van der Waals surface area contributed by atoms with Crippen LogP contribution in [0, 0.1) is 12.7 Å². The van der Waals surface area contributed by atoms with Gasteiger partial charge in [0.05, 0.1) is 17.6 Å². The molecule has 3 aromatic heterocycles. The minimum absolute atomic E-state index is 0.168. The van der Waals surface area contributed by atoms with Crippen molar-refractivity contribution in [2.45, 2.75) is 32.5 Å². The summed E-state index contributed by atoms with van der Waals surface area (Å²) >= 11 is 0. The minimum atomic E-state index is -4.62. The van der Waals surface area contributed by atoms with E-state index in [9.17, 15) is 22.4 Å². The third-order valence-corrected chi connectivity index (χ3v) is 5.51. The van der Waals surface area contributed by atoms with Crippen LogP contribution in [0.2, 0.25) is 0 Å². The Labute approximate surface area is 190 Å². The Bertz CT molecular complexity index is 1410. The lowest BCUT2D eigenvalue weighted by Gasteiger charge is -2.12. The zero-order valence-corrected chi connectivity index (χ0v) is 17.8. The summed E-state index contributed by atoms with van der Waals surface area (Å²) in [6.07, 6.45) is -1.08. The van der Waals surface area contributed by atoms with Crippen molar-refractivity contribution in [3.05, 3.63) is 71.3 Å². The molecule has 0 aliphatic carbocycles. The molecular weight excluding hydrogens is 454 g/mol. The van der Waals surface area contributed by atoms with Crippen LogP contribution in [-0.4, -0.2) is 35.2 Å². The first-order valence-electron chi connectivity index (χ1n) is 10.3. The molecule has 0 saturated carbocycles. The van der Waals surface area contributed by atoms with Crippen molar-refractivity contribution in [3.63, 3.8) is 0 Å². The first-order chi connectivity index (χ1) is 16.2. The van der Waals surface area contributed by atoms with Crippen LogP contribution in [0.1, 0.15) is 33.9 Å². The number of anilines is 1. The van der Waals surface area contributed by atoms with Crippen LogP contribution in [-0.2, 0) is 19.1 Å². The highest BCUT2D eigenvalue weighted by atomic mass is 19.4. The average Bonchev–Trinajstić information content (AvgIpc) is 3.51. The van der Waals surface area contributed by atoms with Crippen LogP contribution in [0.4, 0.5) is 23.4 Å². The Hall–Kier alpha value is -4.09. The number of carbonyl (C=O) groups is 1. The Morgan fingerprint density at radius 2 is 2.00 bits per heavy atom. The van der Waals surface area contributed by atoms with E-state index >= 15 is 0 Å². The molecule has 0 radical (unpaired) electrons. The maximum Gasteiger partial charge on any atom is 0.434 e. The minimum Gasteiger partial charge on any atom is -0.310 e. The Balaban J connectivity index is 1.43. The number of hydrogen-bond acceptors (Lipinski definition) is 5. The van der Waals surface area contributed by atoms with E-state index in [4.69, 9.17) is 0 Å². The molecule has 4 heterocycles. The quantitative estimate of drug-likeness (QED) is 0.451. The van der Waals surface area contributed by atoms with Gasteiger partial charge in [-0.1, -0.05) is 6.07 Å². The molecule has 0 spiro atoms. The summed E-state index contributed by atoms with van der Waals surface area (Å²) < 4.78 is 56.5. The van der Waals surface area contributed by atoms with Gasteiger partial charge in [-0.3, -0.25) is 4.79 Å². The molecule has 0 bridgehead atoms. The summed E-state index contributed by atoms with van der Waals surface area (Å²) in [5, 5.41) is 10.9. The summed E-state index contributed by atoms with van der Waals surface area (Å²) in [5.41, 5.74) is -0.417. The molecule has 1 aliphatic rings. The summed E-state index contributed by atoms with van der Waals surface area (Å²) in [5.74, 6) is -0.00427. The molecule has 0 fully saturated rings. The van der Waals surface area contributed by atoms with Crippen molar-refractivity contribution in [1.29, 1.82) is 0 Å². The number of amides is 1. The number of rotatable bonds is 4. The highest BCUT2D eigenvalue weighted by Gasteiger charge is 2.33. The van der Waals surface area contributed by atoms with Gasteiger partial charge in [0.25, 0.3) is 5.91 Å². The summed E-state index contributed by atoms with van der Waals surface area (Å²) in [6, 6.07) is 7.21. The average molecular weight is 471 g/mol. The molecule has 12 heteroatoms. The van der Waals surface area contributed by atoms with Gasteiger partial charge in [-0.15, -0.1) is 10.2 Å². The molecule has 174 valence electrons. The van der Waals surface area contributed by atoms with Crippen LogP contribution < -0.4 is 5.32 Å². The lowest BCUT2D eigenvalue weighted by atomic mass is 10.1. The molecule has 1 aliphatic heterocycles. The molecule has 0 unspecified atom stereocenters. The molecule has 1 N–H and O–H groups in total. The van der Waals surface area contributed by atoms with E-state index in [1.807, 2.05) is 4.57 Å². The van der Waals surface area contributed by atoms with Crippen molar-refractivity contribution in [1.82, 2.24) is 29.3 Å². The number of benzene rings is 1. The number of imidazole rings is 1. The highest BCUT2D eigenvalue weighted by Crippen LogP contribution is 2.29. The Morgan fingerprint density at radius 1 is 1.18 bits per heavy atom. The predicted octanol–water partition coefficient (Wildman–Crippen LogP) is 4.19. The van der Waals surface area contributed by atoms with E-state index in [0.717, 1.165) is 48.4 Å². The van der Waals surface area contributed by atoms with Gasteiger partial charge in [0.2, 0.25) is 0 Å². The number of carbonyl (C=O) groups excluding carboxylic acids is 1. The molecule has 0 atom stereocenters. The highest BCUT2D eigenvalue weighted by molar-refractivity contribution is 6.04. The topological polar surface area (TPSA) is 90.5 Å². The van der Waals surface area contributed by atoms with Gasteiger partial charge in [-0.25, -0.2) is 14.4 Å². The summed E-state index contributed by atoms with van der Waals surface area (Å²) in [7, 11) is 0. The fourth-order valence-electron chi connectivity index (χ4n) is 3.87. The van der Waals surface area contributed by atoms with Crippen molar-refractivity contribution >= 4 is 11.7 Å². The van der Waals surface area contributed by atoms with Crippen molar-refractivity contribution < 1.29 is 22.4 Å². The molecule has 34 heavy (non-hydrogen) atoms. The van der Waals surface area contributed by atoms with E-state index in [0.29, 0.717) is 17.1 Å². The molecular formula is C22H17F4N7O. The second-order valence-corrected chi connectivity index (χ2v) is 7.84. The first kappa shape index (κ1) is 21.7. The largest absolute Gasteiger partial charge is 0.434 e. The second kappa shape index (κ2) is 8.04. The number of pyridine rings is 1. The molecule has 0 saturated heterocycles. The van der Waals surface area contributed by atoms with E-state index < -0.39 is 23.6 Å². The molecule has 1 aromatic carbocycles. The Kier molecular flexibility index (Phi) is 5.14. The van der Waals surface area contributed by atoms with Gasteiger partial charge < -0.3 is 14.5 Å². The first-order valence-corrected chi connectivity index (χ1v) is 10.3. The number of aryl methyl sites for hydroxylation is 2. The zero-order chi connectivity index (χ0) is 24.0. The van der Waals surface area contributed by atoms with Gasteiger partial charge in [0.15, 0.2) is 11.5 Å². The van der Waals surface area contributed by atoms with Gasteiger partial charge in [-0.05, 0) is 43.2 Å². The van der Waals surface area contributed by atoms with Crippen LogP contribution in [0.5, 0.6) is 0 Å². The van der Waals surface area contributed by atoms with E-state index in [1.54, 1.807) is 18.2 Å². The van der Waals surface area contributed by atoms with Crippen molar-refractivity contribution in [2.24, 2.45) is 0 Å². The number of aromatic nitrogens is 6. The fraction of sp³-hybridized carbons (Fsp3) is 0.227. The third kappa shape index (κ3) is 3.91. The normalized spacial score (nSPS) is 13.2. The van der Waals surface area contributed by atoms with Crippen LogP contribution >= 0.6 is 0 Å². The standard InChI is InChI=1S/C22H17F4N7O/c1-12-8-14(23)13(9-16(12)32-10-17(27-11-32)22(24,25)26)21(34)29-18-5-2-4-15(28-18)20-31-30-19-6-3-7-33(19)20/h2,4-5,8-11H,3,6-7H2,1H3,(H,28,29,34). The zero-order valence-electron chi connectivity index (χ0n) is 17.8. The predicted molar refractivity (Wildman–Crippen MR) is 113 cm³/mol. The fourth-order valence-corrected chi connectivity index (χ4v) is 3.87. The summed E-state index contributed by atoms with van der Waals surface area (Å²) in [4.78, 5) is 20.6. The number of halogens is 4. The maximum atomic E-state index is 14.6. The SMILES string of the molecule is Cc1cc(F)c(C(=O)Nc2cccc(-c3nnc4n3CCC4)n2)cc1-n1cnc(C(F)(F)F)c1. The molecule has 5 rings (SSSR count). The molecule has 4 aromatic rings. The second-order valence-electron chi connectivity index (χ2n) is 7.84. The monoisotopic (exact) mass is 471 g/mol. The molecule has 1 amide bonds. The van der Waals surface area contributed by atoms with E-state index in [1.165, 1.54) is 13.0 Å². The van der Waals surface area contributed by atoms with E-state index in [-0.39, 0.29) is 17.1 Å². The van der Waals surface area contributed by atoms with Gasteiger partial charge in [-0.2, -0.15) is 13.2 Å². The van der Waals surface area contributed by atoms with Gasteiger partial charge >= 0.3 is 6.18 Å². The van der Waals surface area contributed by atoms with Crippen molar-refractivity contribution in [2.75, 3.05) is 5.32 Å².